The van der Waals surface area contributed by atoms with Gasteiger partial charge in [0.2, 0.25) is 5.95 Å². The van der Waals surface area contributed by atoms with Gasteiger partial charge in [-0.05, 0) is 38.1 Å². The molecule has 7 nitrogen and oxygen atoms in total. The van der Waals surface area contributed by atoms with Crippen LogP contribution in [0.2, 0.25) is 0 Å². The Morgan fingerprint density at radius 1 is 1.00 bits per heavy atom. The molecule has 3 aromatic rings. The number of hydrogen-bond donors (Lipinski definition) is 1. The molecule has 4 rings (SSSR count). The van der Waals surface area contributed by atoms with Gasteiger partial charge in [0.25, 0.3) is 0 Å². The lowest BCUT2D eigenvalue weighted by atomic mass is 10.2. The van der Waals surface area contributed by atoms with Crippen molar-refractivity contribution in [2.75, 3.05) is 43.4 Å². The second-order valence-electron chi connectivity index (χ2n) is 7.48. The Labute approximate surface area is 166 Å². The Balaban J connectivity index is 1.50. The zero-order chi connectivity index (χ0) is 19.5. The van der Waals surface area contributed by atoms with Gasteiger partial charge < -0.3 is 19.7 Å². The molecule has 1 saturated heterocycles. The van der Waals surface area contributed by atoms with Gasteiger partial charge >= 0.3 is 0 Å². The third-order valence-corrected chi connectivity index (χ3v) is 5.65. The molecule has 0 atom stereocenters. The van der Waals surface area contributed by atoms with Crippen molar-refractivity contribution in [1.29, 1.82) is 0 Å². The molecule has 0 radical (unpaired) electrons. The van der Waals surface area contributed by atoms with E-state index in [2.05, 4.69) is 68.9 Å². The monoisotopic (exact) mass is 379 g/mol. The summed E-state index contributed by atoms with van der Waals surface area (Å²) < 4.78 is 2.26. The van der Waals surface area contributed by atoms with Crippen LogP contribution in [-0.2, 0) is 0 Å². The van der Waals surface area contributed by atoms with E-state index in [9.17, 15) is 0 Å². The minimum absolute atomic E-state index is 0.459. The van der Waals surface area contributed by atoms with E-state index in [0.29, 0.717) is 12.0 Å². The Hall–Kier alpha value is -2.67. The van der Waals surface area contributed by atoms with E-state index >= 15 is 0 Å². The van der Waals surface area contributed by atoms with Gasteiger partial charge in [0.1, 0.15) is 11.5 Å². The molecule has 0 unspecified atom stereocenters. The molecule has 0 amide bonds. The molecular weight excluding hydrogens is 350 g/mol. The molecule has 1 aliphatic heterocycles. The fourth-order valence-corrected chi connectivity index (χ4v) is 3.80. The first-order valence-electron chi connectivity index (χ1n) is 10.2. The molecule has 3 aromatic heterocycles. The molecule has 1 fully saturated rings. The fraction of sp³-hybridized carbons (Fsp3) is 0.476. The lowest BCUT2D eigenvalue weighted by molar-refractivity contribution is 0.313. The third-order valence-electron chi connectivity index (χ3n) is 5.65. The van der Waals surface area contributed by atoms with Gasteiger partial charge in [0, 0.05) is 50.0 Å². The topological polar surface area (TPSA) is 62.1 Å². The summed E-state index contributed by atoms with van der Waals surface area (Å²) in [5.41, 5.74) is 2.14. The number of likely N-dealkylation sites (N-methyl/N-ethyl adjacent to an activating group) is 1. The highest BCUT2D eigenvalue weighted by atomic mass is 15.3. The van der Waals surface area contributed by atoms with E-state index in [0.717, 1.165) is 61.6 Å². The maximum Gasteiger partial charge on any atom is 0.230 e. The largest absolute Gasteiger partial charge is 0.368 e. The van der Waals surface area contributed by atoms with E-state index < -0.39 is 0 Å². The summed E-state index contributed by atoms with van der Waals surface area (Å²) >= 11 is 0. The van der Waals surface area contributed by atoms with Crippen molar-refractivity contribution < 1.29 is 0 Å². The maximum atomic E-state index is 4.75. The van der Waals surface area contributed by atoms with Gasteiger partial charge in [-0.3, -0.25) is 0 Å². The molecule has 148 valence electrons. The lowest BCUT2D eigenvalue weighted by Gasteiger charge is -2.33. The number of anilines is 3. The molecule has 0 spiro atoms. The van der Waals surface area contributed by atoms with Crippen molar-refractivity contribution in [3.8, 4) is 0 Å². The smallest absolute Gasteiger partial charge is 0.230 e. The first kappa shape index (κ1) is 18.7. The molecule has 4 heterocycles. The lowest BCUT2D eigenvalue weighted by Crippen LogP contribution is -2.44. The van der Waals surface area contributed by atoms with E-state index in [1.54, 1.807) is 0 Å². The molecule has 28 heavy (non-hydrogen) atoms. The van der Waals surface area contributed by atoms with E-state index in [4.69, 9.17) is 4.98 Å². The van der Waals surface area contributed by atoms with E-state index in [1.165, 1.54) is 0 Å². The normalized spacial score (nSPS) is 15.5. The summed E-state index contributed by atoms with van der Waals surface area (Å²) in [5.74, 6) is 1.34. The Bertz CT molecular complexity index is 906. The highest BCUT2D eigenvalue weighted by Crippen LogP contribution is 2.24. The SMILES string of the molecule is CCC(CC)n1ccc2cnc(Nc3ccc(N4CCN(C)CC4)cn3)nc21. The highest BCUT2D eigenvalue weighted by molar-refractivity contribution is 5.76. The first-order chi connectivity index (χ1) is 13.7. The fourth-order valence-electron chi connectivity index (χ4n) is 3.80. The zero-order valence-electron chi connectivity index (χ0n) is 17.0. The van der Waals surface area contributed by atoms with Crippen LogP contribution in [0.4, 0.5) is 17.5 Å². The van der Waals surface area contributed by atoms with Crippen LogP contribution in [0, 0.1) is 0 Å². The maximum absolute atomic E-state index is 4.75. The molecule has 0 bridgehead atoms. The summed E-state index contributed by atoms with van der Waals surface area (Å²) in [6, 6.07) is 6.66. The van der Waals surface area contributed by atoms with Gasteiger partial charge in [-0.2, -0.15) is 4.98 Å². The second kappa shape index (κ2) is 8.14. The highest BCUT2D eigenvalue weighted by Gasteiger charge is 2.15. The molecule has 1 aliphatic rings. The number of fused-ring (bicyclic) bond motifs is 1. The van der Waals surface area contributed by atoms with Crippen LogP contribution in [0.25, 0.3) is 11.0 Å². The second-order valence-corrected chi connectivity index (χ2v) is 7.48. The van der Waals surface area contributed by atoms with E-state index in [-0.39, 0.29) is 0 Å². The Morgan fingerprint density at radius 2 is 1.79 bits per heavy atom. The van der Waals surface area contributed by atoms with Crippen LogP contribution < -0.4 is 10.2 Å². The molecule has 7 heteroatoms. The van der Waals surface area contributed by atoms with Crippen molar-refractivity contribution in [2.45, 2.75) is 32.7 Å². The molecule has 0 aromatic carbocycles. The van der Waals surface area contributed by atoms with Gasteiger partial charge in [-0.25, -0.2) is 9.97 Å². The summed E-state index contributed by atoms with van der Waals surface area (Å²) in [4.78, 5) is 18.5. The minimum Gasteiger partial charge on any atom is -0.368 e. The summed E-state index contributed by atoms with van der Waals surface area (Å²) in [7, 11) is 2.17. The van der Waals surface area contributed by atoms with Crippen molar-refractivity contribution in [1.82, 2.24) is 24.4 Å². The zero-order valence-corrected chi connectivity index (χ0v) is 17.0. The van der Waals surface area contributed by atoms with Crippen LogP contribution in [0.5, 0.6) is 0 Å². The number of hydrogen-bond acceptors (Lipinski definition) is 6. The number of piperazine rings is 1. The van der Waals surface area contributed by atoms with Crippen LogP contribution in [0.3, 0.4) is 0 Å². The number of nitrogens with zero attached hydrogens (tertiary/aromatic N) is 6. The number of pyridine rings is 1. The van der Waals surface area contributed by atoms with Gasteiger partial charge in [0.15, 0.2) is 0 Å². The van der Waals surface area contributed by atoms with Crippen molar-refractivity contribution in [3.63, 3.8) is 0 Å². The number of rotatable bonds is 6. The quantitative estimate of drug-likeness (QED) is 0.705. The van der Waals surface area contributed by atoms with Crippen LogP contribution >= 0.6 is 0 Å². The van der Waals surface area contributed by atoms with Crippen molar-refractivity contribution >= 4 is 28.5 Å². The Morgan fingerprint density at radius 3 is 2.46 bits per heavy atom. The van der Waals surface area contributed by atoms with Crippen LogP contribution in [-0.4, -0.2) is 57.6 Å². The summed E-state index contributed by atoms with van der Waals surface area (Å²) in [5, 5.41) is 4.32. The van der Waals surface area contributed by atoms with Crippen LogP contribution in [0.15, 0.2) is 36.8 Å². The van der Waals surface area contributed by atoms with Crippen molar-refractivity contribution in [2.24, 2.45) is 0 Å². The average Bonchev–Trinajstić information content (AvgIpc) is 3.14. The predicted molar refractivity (Wildman–Crippen MR) is 114 cm³/mol. The standard InChI is InChI=1S/C21H29N7/c1-4-17(5-2)28-9-8-16-14-23-21(25-20(16)28)24-19-7-6-18(15-22-19)27-12-10-26(3)11-13-27/h6-9,14-15,17H,4-5,10-13H2,1-3H3,(H,22,23,24,25). The molecular formula is C21H29N7. The predicted octanol–water partition coefficient (Wildman–Crippen LogP) is 3.68. The Kier molecular flexibility index (Phi) is 5.43. The van der Waals surface area contributed by atoms with Gasteiger partial charge in [-0.15, -0.1) is 0 Å². The third kappa shape index (κ3) is 3.80. The van der Waals surface area contributed by atoms with E-state index in [1.807, 2.05) is 18.5 Å². The van der Waals surface area contributed by atoms with Gasteiger partial charge in [0.05, 0.1) is 11.9 Å². The minimum atomic E-state index is 0.459. The molecule has 0 saturated carbocycles. The first-order valence-corrected chi connectivity index (χ1v) is 10.2. The van der Waals surface area contributed by atoms with Gasteiger partial charge in [-0.1, -0.05) is 13.8 Å². The molecule has 1 N–H and O–H groups in total. The van der Waals surface area contributed by atoms with Crippen molar-refractivity contribution in [3.05, 3.63) is 36.8 Å². The summed E-state index contributed by atoms with van der Waals surface area (Å²) in [6.07, 6.45) is 8.09. The molecule has 0 aliphatic carbocycles. The number of aromatic nitrogens is 4. The summed E-state index contributed by atoms with van der Waals surface area (Å²) in [6.45, 7) is 8.68. The van der Waals surface area contributed by atoms with Crippen LogP contribution in [0.1, 0.15) is 32.7 Å². The number of nitrogens with one attached hydrogen (secondary N) is 1. The average molecular weight is 380 g/mol.